The van der Waals surface area contributed by atoms with Crippen LogP contribution in [0.25, 0.3) is 0 Å². The van der Waals surface area contributed by atoms with Gasteiger partial charge in [0.05, 0.1) is 0 Å². The predicted octanol–water partition coefficient (Wildman–Crippen LogP) is 3.26. The van der Waals surface area contributed by atoms with Gasteiger partial charge in [0.2, 0.25) is 0 Å². The van der Waals surface area contributed by atoms with Crippen molar-refractivity contribution in [2.24, 2.45) is 4.99 Å². The molecule has 0 bridgehead atoms. The summed E-state index contributed by atoms with van der Waals surface area (Å²) in [5, 5.41) is 6.66. The summed E-state index contributed by atoms with van der Waals surface area (Å²) in [6, 6.07) is 7.64. The molecule has 5 heteroatoms. The van der Waals surface area contributed by atoms with Crippen LogP contribution in [0.5, 0.6) is 0 Å². The molecule has 0 aliphatic heterocycles. The molecule has 0 spiro atoms. The monoisotopic (exact) mass is 391 g/mol. The third-order valence-corrected chi connectivity index (χ3v) is 3.16. The highest BCUT2D eigenvalue weighted by molar-refractivity contribution is 14.0. The Morgan fingerprint density at radius 1 is 1.40 bits per heavy atom. The van der Waals surface area contributed by atoms with Gasteiger partial charge < -0.3 is 10.6 Å². The van der Waals surface area contributed by atoms with Crippen LogP contribution in [0, 0.1) is 5.82 Å². The standard InChI is InChI=1S/C15H22FN3.HI/c1-4-17-15(18-10(2)3)19-14-9-12(14)11-7-5-6-8-13(11)16;/h5-8,10,12,14H,4,9H2,1-3H3,(H2,17,18,19);1H. The Morgan fingerprint density at radius 2 is 2.10 bits per heavy atom. The molecular formula is C15H23FIN3. The summed E-state index contributed by atoms with van der Waals surface area (Å²) < 4.78 is 13.7. The molecule has 1 aliphatic rings. The minimum Gasteiger partial charge on any atom is -0.354 e. The van der Waals surface area contributed by atoms with E-state index in [4.69, 9.17) is 0 Å². The van der Waals surface area contributed by atoms with Crippen LogP contribution >= 0.6 is 24.0 Å². The Balaban J connectivity index is 0.00000200. The highest BCUT2D eigenvalue weighted by Gasteiger charge is 2.40. The molecule has 2 N–H and O–H groups in total. The van der Waals surface area contributed by atoms with Gasteiger partial charge in [-0.05, 0) is 38.8 Å². The van der Waals surface area contributed by atoms with Crippen LogP contribution in [-0.4, -0.2) is 24.6 Å². The largest absolute Gasteiger partial charge is 0.354 e. The number of aliphatic imine (C=N–C) groups is 1. The quantitative estimate of drug-likeness (QED) is 0.470. The van der Waals surface area contributed by atoms with E-state index in [1.807, 2.05) is 19.1 Å². The van der Waals surface area contributed by atoms with E-state index < -0.39 is 0 Å². The molecule has 2 unspecified atom stereocenters. The number of hydrogen-bond acceptors (Lipinski definition) is 1. The second-order valence-electron chi connectivity index (χ2n) is 5.24. The molecule has 1 aliphatic carbocycles. The van der Waals surface area contributed by atoms with Gasteiger partial charge in [0.25, 0.3) is 0 Å². The van der Waals surface area contributed by atoms with Crippen LogP contribution in [0.2, 0.25) is 0 Å². The predicted molar refractivity (Wildman–Crippen MR) is 92.3 cm³/mol. The fourth-order valence-corrected chi connectivity index (χ4v) is 2.21. The maximum atomic E-state index is 13.7. The summed E-state index contributed by atoms with van der Waals surface area (Å²) in [7, 11) is 0. The molecule has 1 fully saturated rings. The van der Waals surface area contributed by atoms with Gasteiger partial charge in [-0.2, -0.15) is 0 Å². The Kier molecular flexibility index (Phi) is 6.71. The first-order valence-electron chi connectivity index (χ1n) is 6.93. The van der Waals surface area contributed by atoms with Crippen LogP contribution in [-0.2, 0) is 0 Å². The number of guanidine groups is 1. The van der Waals surface area contributed by atoms with Gasteiger partial charge >= 0.3 is 0 Å². The van der Waals surface area contributed by atoms with Gasteiger partial charge in [-0.15, -0.1) is 24.0 Å². The highest BCUT2D eigenvalue weighted by Crippen LogP contribution is 2.41. The highest BCUT2D eigenvalue weighted by atomic mass is 127. The van der Waals surface area contributed by atoms with Crippen molar-refractivity contribution >= 4 is 29.9 Å². The smallest absolute Gasteiger partial charge is 0.191 e. The van der Waals surface area contributed by atoms with Crippen LogP contribution < -0.4 is 10.6 Å². The lowest BCUT2D eigenvalue weighted by Gasteiger charge is -2.15. The summed E-state index contributed by atoms with van der Waals surface area (Å²) >= 11 is 0. The van der Waals surface area contributed by atoms with Gasteiger partial charge in [-0.3, -0.25) is 4.99 Å². The molecule has 1 saturated carbocycles. The van der Waals surface area contributed by atoms with Crippen molar-refractivity contribution in [2.75, 3.05) is 6.54 Å². The lowest BCUT2D eigenvalue weighted by molar-refractivity contribution is 0.607. The molecule has 112 valence electrons. The molecule has 0 aromatic heterocycles. The van der Waals surface area contributed by atoms with Crippen molar-refractivity contribution in [3.8, 4) is 0 Å². The van der Waals surface area contributed by atoms with Crippen LogP contribution in [0.4, 0.5) is 4.39 Å². The van der Waals surface area contributed by atoms with Crippen molar-refractivity contribution < 1.29 is 4.39 Å². The SMILES string of the molecule is CCN=C(NC(C)C)NC1CC1c1ccccc1F.I. The summed E-state index contributed by atoms with van der Waals surface area (Å²) in [6.45, 7) is 6.90. The van der Waals surface area contributed by atoms with Gasteiger partial charge in [0, 0.05) is 24.5 Å². The lowest BCUT2D eigenvalue weighted by Crippen LogP contribution is -2.42. The van der Waals surface area contributed by atoms with Crippen molar-refractivity contribution in [1.29, 1.82) is 0 Å². The Morgan fingerprint density at radius 3 is 2.70 bits per heavy atom. The van der Waals surface area contributed by atoms with Crippen LogP contribution in [0.1, 0.15) is 38.7 Å². The molecule has 3 nitrogen and oxygen atoms in total. The third-order valence-electron chi connectivity index (χ3n) is 3.16. The van der Waals surface area contributed by atoms with Gasteiger partial charge in [-0.25, -0.2) is 4.39 Å². The van der Waals surface area contributed by atoms with Crippen LogP contribution in [0.15, 0.2) is 29.3 Å². The summed E-state index contributed by atoms with van der Waals surface area (Å²) in [5.74, 6) is 0.973. The van der Waals surface area contributed by atoms with Crippen molar-refractivity contribution in [3.63, 3.8) is 0 Å². The fourth-order valence-electron chi connectivity index (χ4n) is 2.21. The molecule has 2 rings (SSSR count). The van der Waals surface area contributed by atoms with Crippen molar-refractivity contribution in [1.82, 2.24) is 10.6 Å². The second-order valence-corrected chi connectivity index (χ2v) is 5.24. The molecule has 1 aromatic carbocycles. The van der Waals surface area contributed by atoms with E-state index in [0.717, 1.165) is 24.5 Å². The average Bonchev–Trinajstić information content (AvgIpc) is 3.08. The molecule has 0 heterocycles. The van der Waals surface area contributed by atoms with E-state index in [9.17, 15) is 4.39 Å². The fraction of sp³-hybridized carbons (Fsp3) is 0.533. The first kappa shape index (κ1) is 17.2. The minimum absolute atomic E-state index is 0. The summed E-state index contributed by atoms with van der Waals surface area (Å²) in [6.07, 6.45) is 0.962. The van der Waals surface area contributed by atoms with Gasteiger partial charge in [-0.1, -0.05) is 18.2 Å². The normalized spacial score (nSPS) is 21.4. The number of rotatable bonds is 4. The number of nitrogens with zero attached hydrogens (tertiary/aromatic N) is 1. The van der Waals surface area contributed by atoms with Crippen molar-refractivity contribution in [3.05, 3.63) is 35.6 Å². The zero-order chi connectivity index (χ0) is 13.8. The van der Waals surface area contributed by atoms with E-state index in [1.54, 1.807) is 6.07 Å². The Labute approximate surface area is 137 Å². The van der Waals surface area contributed by atoms with Gasteiger partial charge in [0.1, 0.15) is 5.82 Å². The minimum atomic E-state index is -0.109. The summed E-state index contributed by atoms with van der Waals surface area (Å²) in [4.78, 5) is 4.40. The molecule has 20 heavy (non-hydrogen) atoms. The number of benzene rings is 1. The first-order chi connectivity index (χ1) is 9.11. The van der Waals surface area contributed by atoms with E-state index >= 15 is 0 Å². The topological polar surface area (TPSA) is 36.4 Å². The average molecular weight is 391 g/mol. The van der Waals surface area contributed by atoms with Crippen molar-refractivity contribution in [2.45, 2.75) is 45.2 Å². The molecule has 2 atom stereocenters. The summed E-state index contributed by atoms with van der Waals surface area (Å²) in [5.41, 5.74) is 0.806. The number of nitrogens with one attached hydrogen (secondary N) is 2. The number of halogens is 2. The molecule has 0 radical (unpaired) electrons. The van der Waals surface area contributed by atoms with E-state index in [-0.39, 0.29) is 41.8 Å². The Bertz CT molecular complexity index is 462. The molecule has 0 saturated heterocycles. The van der Waals surface area contributed by atoms with E-state index in [2.05, 4.69) is 29.5 Å². The number of hydrogen-bond donors (Lipinski definition) is 2. The molecular weight excluding hydrogens is 368 g/mol. The van der Waals surface area contributed by atoms with E-state index in [0.29, 0.717) is 6.04 Å². The maximum Gasteiger partial charge on any atom is 0.191 e. The zero-order valence-electron chi connectivity index (χ0n) is 12.2. The van der Waals surface area contributed by atoms with Gasteiger partial charge in [0.15, 0.2) is 5.96 Å². The molecule has 1 aromatic rings. The first-order valence-corrected chi connectivity index (χ1v) is 6.93. The third kappa shape index (κ3) is 4.61. The molecule has 0 amide bonds. The lowest BCUT2D eigenvalue weighted by atomic mass is 10.1. The Hall–Kier alpha value is -0.850. The van der Waals surface area contributed by atoms with E-state index in [1.165, 1.54) is 6.07 Å². The van der Waals surface area contributed by atoms with Crippen LogP contribution in [0.3, 0.4) is 0 Å². The second kappa shape index (κ2) is 7.81. The zero-order valence-corrected chi connectivity index (χ0v) is 14.5. The maximum absolute atomic E-state index is 13.7.